The van der Waals surface area contributed by atoms with Gasteiger partial charge in [-0.2, -0.15) is 0 Å². The first-order valence-electron chi connectivity index (χ1n) is 6.60. The van der Waals surface area contributed by atoms with Crippen LogP contribution in [-0.4, -0.2) is 12.0 Å². The summed E-state index contributed by atoms with van der Waals surface area (Å²) in [7, 11) is 2.03. The van der Waals surface area contributed by atoms with E-state index in [1.807, 2.05) is 31.3 Å². The first-order valence-corrected chi connectivity index (χ1v) is 6.60. The number of nitrogens with zero attached hydrogens (tertiary/aromatic N) is 2. The van der Waals surface area contributed by atoms with E-state index in [1.54, 1.807) is 12.5 Å². The van der Waals surface area contributed by atoms with Gasteiger partial charge in [-0.25, -0.2) is 4.98 Å². The zero-order chi connectivity index (χ0) is 13.9. The molecule has 3 rings (SSSR count). The summed E-state index contributed by atoms with van der Waals surface area (Å²) in [6, 6.07) is 12.0. The van der Waals surface area contributed by atoms with E-state index in [4.69, 9.17) is 10.2 Å². The van der Waals surface area contributed by atoms with Gasteiger partial charge in [-0.1, -0.05) is 24.3 Å². The fourth-order valence-corrected chi connectivity index (χ4v) is 2.43. The second-order valence-corrected chi connectivity index (χ2v) is 4.80. The molecule has 4 nitrogen and oxygen atoms in total. The summed E-state index contributed by atoms with van der Waals surface area (Å²) in [6.45, 7) is 1.32. The van der Waals surface area contributed by atoms with E-state index in [9.17, 15) is 0 Å². The van der Waals surface area contributed by atoms with Crippen molar-refractivity contribution < 1.29 is 4.42 Å². The second-order valence-electron chi connectivity index (χ2n) is 4.80. The van der Waals surface area contributed by atoms with Crippen molar-refractivity contribution in [3.8, 4) is 0 Å². The number of fused-ring (bicyclic) bond motifs is 1. The summed E-state index contributed by atoms with van der Waals surface area (Å²) < 4.78 is 5.42. The largest absolute Gasteiger partial charge is 0.464 e. The molecular weight excluding hydrogens is 250 g/mol. The molecule has 0 unspecified atom stereocenters. The SMILES string of the molecule is CN(Cc1ccccc1CN)c1nccc2occc12. The molecule has 0 atom stereocenters. The number of rotatable bonds is 4. The standard InChI is InChI=1S/C16H17N3O/c1-19(11-13-5-3-2-4-12(13)10-17)16-14-7-9-20-15(14)6-8-18-16/h2-9H,10-11,17H2,1H3. The summed E-state index contributed by atoms with van der Waals surface area (Å²) in [6.07, 6.45) is 3.46. The van der Waals surface area contributed by atoms with Crippen LogP contribution in [0.5, 0.6) is 0 Å². The van der Waals surface area contributed by atoms with E-state index < -0.39 is 0 Å². The van der Waals surface area contributed by atoms with Crippen molar-refractivity contribution in [3.63, 3.8) is 0 Å². The van der Waals surface area contributed by atoms with Gasteiger partial charge in [0.2, 0.25) is 0 Å². The third-order valence-corrected chi connectivity index (χ3v) is 3.47. The van der Waals surface area contributed by atoms with Crippen LogP contribution in [0.4, 0.5) is 5.82 Å². The molecule has 0 amide bonds. The number of anilines is 1. The lowest BCUT2D eigenvalue weighted by Crippen LogP contribution is -2.19. The van der Waals surface area contributed by atoms with Gasteiger partial charge < -0.3 is 15.1 Å². The van der Waals surface area contributed by atoms with Crippen molar-refractivity contribution in [2.75, 3.05) is 11.9 Å². The van der Waals surface area contributed by atoms with Gasteiger partial charge in [-0.3, -0.25) is 0 Å². The van der Waals surface area contributed by atoms with Crippen LogP contribution in [0, 0.1) is 0 Å². The number of hydrogen-bond acceptors (Lipinski definition) is 4. The molecule has 2 heterocycles. The number of pyridine rings is 1. The van der Waals surface area contributed by atoms with Crippen LogP contribution in [0.2, 0.25) is 0 Å². The molecule has 4 heteroatoms. The Morgan fingerprint density at radius 2 is 1.95 bits per heavy atom. The molecule has 0 aliphatic heterocycles. The Morgan fingerprint density at radius 1 is 1.15 bits per heavy atom. The van der Waals surface area contributed by atoms with E-state index in [-0.39, 0.29) is 0 Å². The first-order chi connectivity index (χ1) is 9.79. The van der Waals surface area contributed by atoms with Gasteiger partial charge >= 0.3 is 0 Å². The lowest BCUT2D eigenvalue weighted by atomic mass is 10.1. The van der Waals surface area contributed by atoms with Crippen LogP contribution < -0.4 is 10.6 Å². The van der Waals surface area contributed by atoms with Gasteiger partial charge in [0.15, 0.2) is 0 Å². The van der Waals surface area contributed by atoms with E-state index in [0.29, 0.717) is 6.54 Å². The normalized spacial score (nSPS) is 10.9. The van der Waals surface area contributed by atoms with Crippen LogP contribution in [0.1, 0.15) is 11.1 Å². The fraction of sp³-hybridized carbons (Fsp3) is 0.188. The van der Waals surface area contributed by atoms with E-state index in [0.717, 1.165) is 23.3 Å². The molecule has 0 radical (unpaired) electrons. The Bertz CT molecular complexity index is 720. The predicted molar refractivity (Wildman–Crippen MR) is 80.4 cm³/mol. The van der Waals surface area contributed by atoms with Crippen molar-refractivity contribution in [1.29, 1.82) is 0 Å². The molecule has 0 bridgehead atoms. The average Bonchev–Trinajstić information content (AvgIpc) is 2.96. The number of nitrogens with two attached hydrogens (primary N) is 1. The highest BCUT2D eigenvalue weighted by Crippen LogP contribution is 2.25. The molecule has 2 aromatic heterocycles. The molecule has 0 fully saturated rings. The molecular formula is C16H17N3O. The quantitative estimate of drug-likeness (QED) is 0.789. The smallest absolute Gasteiger partial charge is 0.139 e. The maximum Gasteiger partial charge on any atom is 0.139 e. The minimum Gasteiger partial charge on any atom is -0.464 e. The summed E-state index contributed by atoms with van der Waals surface area (Å²) in [5.74, 6) is 0.920. The lowest BCUT2D eigenvalue weighted by molar-refractivity contribution is 0.615. The molecule has 0 spiro atoms. The topological polar surface area (TPSA) is 55.3 Å². The Labute approximate surface area is 117 Å². The monoisotopic (exact) mass is 267 g/mol. The van der Waals surface area contributed by atoms with Crippen LogP contribution in [0.3, 0.4) is 0 Å². The van der Waals surface area contributed by atoms with Gasteiger partial charge in [0.05, 0.1) is 11.6 Å². The average molecular weight is 267 g/mol. The number of aromatic nitrogens is 1. The van der Waals surface area contributed by atoms with Crippen molar-refractivity contribution >= 4 is 16.8 Å². The number of hydrogen-bond donors (Lipinski definition) is 1. The molecule has 0 saturated heterocycles. The summed E-state index contributed by atoms with van der Waals surface area (Å²) in [5.41, 5.74) is 9.03. The second kappa shape index (κ2) is 5.35. The molecule has 1 aromatic carbocycles. The Kier molecular flexibility index (Phi) is 3.39. The highest BCUT2D eigenvalue weighted by Gasteiger charge is 2.11. The highest BCUT2D eigenvalue weighted by atomic mass is 16.3. The van der Waals surface area contributed by atoms with Crippen molar-refractivity contribution in [2.45, 2.75) is 13.1 Å². The maximum absolute atomic E-state index is 5.79. The van der Waals surface area contributed by atoms with E-state index in [2.05, 4.69) is 22.0 Å². The van der Waals surface area contributed by atoms with Gasteiger partial charge in [0.25, 0.3) is 0 Å². The van der Waals surface area contributed by atoms with Gasteiger partial charge in [-0.15, -0.1) is 0 Å². The minimum atomic E-state index is 0.549. The molecule has 0 aliphatic carbocycles. The van der Waals surface area contributed by atoms with Gasteiger partial charge in [0.1, 0.15) is 11.4 Å². The van der Waals surface area contributed by atoms with Crippen molar-refractivity contribution in [3.05, 3.63) is 60.0 Å². The third-order valence-electron chi connectivity index (χ3n) is 3.47. The lowest BCUT2D eigenvalue weighted by Gasteiger charge is -2.20. The predicted octanol–water partition coefficient (Wildman–Crippen LogP) is 2.92. The number of benzene rings is 1. The van der Waals surface area contributed by atoms with Crippen LogP contribution in [0.25, 0.3) is 11.0 Å². The molecule has 0 saturated carbocycles. The zero-order valence-corrected chi connectivity index (χ0v) is 11.4. The van der Waals surface area contributed by atoms with Gasteiger partial charge in [0, 0.05) is 26.3 Å². The van der Waals surface area contributed by atoms with Crippen LogP contribution in [-0.2, 0) is 13.1 Å². The summed E-state index contributed by atoms with van der Waals surface area (Å²) in [5, 5.41) is 1.03. The Balaban J connectivity index is 1.93. The highest BCUT2D eigenvalue weighted by molar-refractivity contribution is 5.88. The Hall–Kier alpha value is -2.33. The fourth-order valence-electron chi connectivity index (χ4n) is 2.43. The summed E-state index contributed by atoms with van der Waals surface area (Å²) in [4.78, 5) is 6.58. The molecule has 102 valence electrons. The minimum absolute atomic E-state index is 0.549. The Morgan fingerprint density at radius 3 is 2.75 bits per heavy atom. The van der Waals surface area contributed by atoms with Crippen LogP contribution in [0.15, 0.2) is 53.3 Å². The molecule has 20 heavy (non-hydrogen) atoms. The van der Waals surface area contributed by atoms with Crippen LogP contribution >= 0.6 is 0 Å². The molecule has 0 aliphatic rings. The maximum atomic E-state index is 5.79. The van der Waals surface area contributed by atoms with Gasteiger partial charge in [-0.05, 0) is 23.3 Å². The molecule has 3 aromatic rings. The van der Waals surface area contributed by atoms with Crippen molar-refractivity contribution in [2.24, 2.45) is 5.73 Å². The molecule has 2 N–H and O–H groups in total. The summed E-state index contributed by atoms with van der Waals surface area (Å²) >= 11 is 0. The zero-order valence-electron chi connectivity index (χ0n) is 11.4. The van der Waals surface area contributed by atoms with Crippen molar-refractivity contribution in [1.82, 2.24) is 4.98 Å². The van der Waals surface area contributed by atoms with E-state index in [1.165, 1.54) is 11.1 Å². The van der Waals surface area contributed by atoms with E-state index >= 15 is 0 Å². The first kappa shape index (κ1) is 12.7. The number of furan rings is 1. The third kappa shape index (κ3) is 2.26.